The molecule has 1 N–H and O–H groups in total. The van der Waals surface area contributed by atoms with Crippen molar-refractivity contribution in [1.29, 1.82) is 0 Å². The molecule has 0 radical (unpaired) electrons. The zero-order valence-corrected chi connectivity index (χ0v) is 17.3. The first-order valence-corrected chi connectivity index (χ1v) is 10.3. The van der Waals surface area contributed by atoms with Crippen LogP contribution < -0.4 is 9.47 Å². The summed E-state index contributed by atoms with van der Waals surface area (Å²) in [5, 5.41) is 9.54. The molecular weight excluding hydrogens is 364 g/mol. The highest BCUT2D eigenvalue weighted by Gasteiger charge is 2.36. The van der Waals surface area contributed by atoms with Crippen LogP contribution in [0.25, 0.3) is 0 Å². The van der Waals surface area contributed by atoms with E-state index in [0.717, 1.165) is 42.6 Å². The maximum atomic E-state index is 12.8. The normalized spacial score (nSPS) is 22.7. The molecular formula is C25H28O4. The average Bonchev–Trinajstić information content (AvgIpc) is 2.67. The molecule has 0 spiro atoms. The second-order valence-electron chi connectivity index (χ2n) is 8.62. The van der Waals surface area contributed by atoms with Crippen LogP contribution in [0.15, 0.2) is 48.0 Å². The Morgan fingerprint density at radius 3 is 2.69 bits per heavy atom. The standard InChI is InChI=1S/C25H28O4/c1-16(2)5-4-13-25(3)14-12-20-22(29-25)11-10-19-21(27)15-23(28-24(19)20)17-6-8-18(26)9-7-17/h5-11,23,26H,4,12-15H2,1-3H3/t23-,25?/m0/s1. The van der Waals surface area contributed by atoms with Crippen LogP contribution in [0.3, 0.4) is 0 Å². The summed E-state index contributed by atoms with van der Waals surface area (Å²) < 4.78 is 12.7. The lowest BCUT2D eigenvalue weighted by Crippen LogP contribution is -2.36. The number of carbonyl (C=O) groups is 1. The number of hydrogen-bond donors (Lipinski definition) is 1. The number of benzene rings is 2. The van der Waals surface area contributed by atoms with Crippen LogP contribution in [0.4, 0.5) is 0 Å². The molecule has 29 heavy (non-hydrogen) atoms. The van der Waals surface area contributed by atoms with Crippen LogP contribution in [0.5, 0.6) is 17.2 Å². The van der Waals surface area contributed by atoms with E-state index in [-0.39, 0.29) is 23.2 Å². The monoisotopic (exact) mass is 392 g/mol. The molecule has 0 aromatic heterocycles. The van der Waals surface area contributed by atoms with E-state index in [1.165, 1.54) is 5.57 Å². The lowest BCUT2D eigenvalue weighted by Gasteiger charge is -2.38. The van der Waals surface area contributed by atoms with Gasteiger partial charge in [0, 0.05) is 5.56 Å². The van der Waals surface area contributed by atoms with Gasteiger partial charge in [-0.2, -0.15) is 0 Å². The number of phenols is 1. The summed E-state index contributed by atoms with van der Waals surface area (Å²) in [6.07, 6.45) is 5.90. The molecule has 0 saturated carbocycles. The lowest BCUT2D eigenvalue weighted by molar-refractivity contribution is 0.0543. The van der Waals surface area contributed by atoms with Crippen molar-refractivity contribution >= 4 is 5.78 Å². The molecule has 2 aromatic rings. The predicted octanol–water partition coefficient (Wildman–Crippen LogP) is 5.93. The molecule has 0 saturated heterocycles. The van der Waals surface area contributed by atoms with Crippen molar-refractivity contribution in [2.45, 2.75) is 64.6 Å². The van der Waals surface area contributed by atoms with E-state index in [1.54, 1.807) is 12.1 Å². The minimum absolute atomic E-state index is 0.0871. The Balaban J connectivity index is 1.60. The van der Waals surface area contributed by atoms with Gasteiger partial charge in [-0.1, -0.05) is 23.8 Å². The van der Waals surface area contributed by atoms with Gasteiger partial charge in [-0.15, -0.1) is 0 Å². The zero-order valence-electron chi connectivity index (χ0n) is 17.3. The molecule has 2 heterocycles. The van der Waals surface area contributed by atoms with E-state index in [9.17, 15) is 9.90 Å². The maximum absolute atomic E-state index is 12.8. The van der Waals surface area contributed by atoms with E-state index in [1.807, 2.05) is 24.3 Å². The number of ether oxygens (including phenoxy) is 2. The third-order valence-electron chi connectivity index (χ3n) is 5.90. The van der Waals surface area contributed by atoms with E-state index in [2.05, 4.69) is 26.8 Å². The molecule has 2 aliphatic heterocycles. The minimum Gasteiger partial charge on any atom is -0.508 e. The molecule has 0 fully saturated rings. The fraction of sp³-hybridized carbons (Fsp3) is 0.400. The Bertz CT molecular complexity index is 954. The number of aromatic hydroxyl groups is 1. The van der Waals surface area contributed by atoms with Gasteiger partial charge in [-0.3, -0.25) is 4.79 Å². The van der Waals surface area contributed by atoms with Gasteiger partial charge in [0.15, 0.2) is 5.78 Å². The highest BCUT2D eigenvalue weighted by atomic mass is 16.5. The Morgan fingerprint density at radius 1 is 1.21 bits per heavy atom. The van der Waals surface area contributed by atoms with Gasteiger partial charge >= 0.3 is 0 Å². The lowest BCUT2D eigenvalue weighted by atomic mass is 9.86. The number of Topliss-reactive ketones (excluding diaryl/α,β-unsaturated/α-hetero) is 1. The molecule has 2 aromatic carbocycles. The molecule has 2 aliphatic rings. The third kappa shape index (κ3) is 4.02. The minimum atomic E-state index is -0.340. The Hall–Kier alpha value is -2.75. The summed E-state index contributed by atoms with van der Waals surface area (Å²) in [5.74, 6) is 1.79. The molecule has 152 valence electrons. The zero-order chi connectivity index (χ0) is 20.6. The van der Waals surface area contributed by atoms with Crippen molar-refractivity contribution in [3.63, 3.8) is 0 Å². The summed E-state index contributed by atoms with van der Waals surface area (Å²) in [7, 11) is 0. The van der Waals surface area contributed by atoms with Gasteiger partial charge in [0.25, 0.3) is 0 Å². The summed E-state index contributed by atoms with van der Waals surface area (Å²) in [4.78, 5) is 12.8. The van der Waals surface area contributed by atoms with Crippen molar-refractivity contribution in [3.8, 4) is 17.2 Å². The molecule has 4 heteroatoms. The van der Waals surface area contributed by atoms with Gasteiger partial charge in [-0.25, -0.2) is 0 Å². The topological polar surface area (TPSA) is 55.8 Å². The summed E-state index contributed by atoms with van der Waals surface area (Å²) in [6.45, 7) is 6.40. The van der Waals surface area contributed by atoms with Crippen LogP contribution in [-0.4, -0.2) is 16.5 Å². The number of fused-ring (bicyclic) bond motifs is 3. The van der Waals surface area contributed by atoms with Crippen molar-refractivity contribution in [2.75, 3.05) is 0 Å². The average molecular weight is 392 g/mol. The first-order valence-electron chi connectivity index (χ1n) is 10.3. The van der Waals surface area contributed by atoms with Crippen LogP contribution in [0.2, 0.25) is 0 Å². The quantitative estimate of drug-likeness (QED) is 0.655. The first kappa shape index (κ1) is 19.6. The van der Waals surface area contributed by atoms with Gasteiger partial charge < -0.3 is 14.6 Å². The molecule has 0 aliphatic carbocycles. The molecule has 4 rings (SSSR count). The van der Waals surface area contributed by atoms with Crippen molar-refractivity contribution in [2.24, 2.45) is 0 Å². The smallest absolute Gasteiger partial charge is 0.170 e. The van der Waals surface area contributed by atoms with Gasteiger partial charge in [0.2, 0.25) is 0 Å². The van der Waals surface area contributed by atoms with Gasteiger partial charge in [0.1, 0.15) is 29.0 Å². The predicted molar refractivity (Wildman–Crippen MR) is 113 cm³/mol. The number of carbonyl (C=O) groups excluding carboxylic acids is 1. The molecule has 4 nitrogen and oxygen atoms in total. The van der Waals surface area contributed by atoms with Crippen LogP contribution in [-0.2, 0) is 6.42 Å². The number of allylic oxidation sites excluding steroid dienone is 2. The first-order chi connectivity index (χ1) is 13.8. The molecule has 1 unspecified atom stereocenters. The summed E-state index contributed by atoms with van der Waals surface area (Å²) >= 11 is 0. The number of rotatable bonds is 4. The second kappa shape index (κ2) is 7.58. The van der Waals surface area contributed by atoms with Crippen molar-refractivity contribution in [3.05, 3.63) is 64.7 Å². The van der Waals surface area contributed by atoms with E-state index in [4.69, 9.17) is 9.47 Å². The van der Waals surface area contributed by atoms with Crippen LogP contribution >= 0.6 is 0 Å². The highest BCUT2D eigenvalue weighted by Crippen LogP contribution is 2.46. The SMILES string of the molecule is CC(C)=CCCC1(C)CCc2c(ccc3c2O[C@H](c2ccc(O)cc2)CC3=O)O1. The van der Waals surface area contributed by atoms with Crippen LogP contribution in [0, 0.1) is 0 Å². The fourth-order valence-corrected chi connectivity index (χ4v) is 4.18. The highest BCUT2D eigenvalue weighted by molar-refractivity contribution is 6.00. The molecule has 0 amide bonds. The van der Waals surface area contributed by atoms with Crippen molar-refractivity contribution in [1.82, 2.24) is 0 Å². The Kier molecular flexibility index (Phi) is 5.12. The number of hydrogen-bond acceptors (Lipinski definition) is 4. The van der Waals surface area contributed by atoms with Gasteiger partial charge in [0.05, 0.1) is 12.0 Å². The molecule has 2 atom stereocenters. The molecule has 0 bridgehead atoms. The number of ketones is 1. The second-order valence-corrected chi connectivity index (χ2v) is 8.62. The fourth-order valence-electron chi connectivity index (χ4n) is 4.18. The Morgan fingerprint density at radius 2 is 1.97 bits per heavy atom. The van der Waals surface area contributed by atoms with Crippen molar-refractivity contribution < 1.29 is 19.4 Å². The van der Waals surface area contributed by atoms with Gasteiger partial charge in [-0.05, 0) is 76.3 Å². The number of phenolic OH excluding ortho intramolecular Hbond substituents is 1. The van der Waals surface area contributed by atoms with E-state index in [0.29, 0.717) is 17.7 Å². The van der Waals surface area contributed by atoms with Crippen LogP contribution in [0.1, 0.15) is 74.0 Å². The largest absolute Gasteiger partial charge is 0.508 e. The third-order valence-corrected chi connectivity index (χ3v) is 5.90. The van der Waals surface area contributed by atoms with E-state index < -0.39 is 0 Å². The summed E-state index contributed by atoms with van der Waals surface area (Å²) in [6, 6.07) is 10.6. The summed E-state index contributed by atoms with van der Waals surface area (Å²) in [5.41, 5.74) is 3.66. The Labute approximate surface area is 172 Å². The van der Waals surface area contributed by atoms with E-state index >= 15 is 0 Å². The maximum Gasteiger partial charge on any atom is 0.170 e.